The van der Waals surface area contributed by atoms with Crippen molar-refractivity contribution in [3.8, 4) is 0 Å². The first-order valence-corrected chi connectivity index (χ1v) is 7.87. The van der Waals surface area contributed by atoms with Crippen LogP contribution in [-0.4, -0.2) is 38.7 Å². The van der Waals surface area contributed by atoms with E-state index in [1.165, 1.54) is 6.42 Å². The van der Waals surface area contributed by atoms with Crippen molar-refractivity contribution >= 4 is 16.9 Å². The largest absolute Gasteiger partial charge is 0.338 e. The average Bonchev–Trinajstić information content (AvgIpc) is 2.80. The van der Waals surface area contributed by atoms with E-state index in [0.717, 1.165) is 31.6 Å². The van der Waals surface area contributed by atoms with Crippen molar-refractivity contribution in [1.29, 1.82) is 0 Å². The first kappa shape index (κ1) is 14.8. The molecule has 0 bridgehead atoms. The van der Waals surface area contributed by atoms with Crippen molar-refractivity contribution < 1.29 is 4.79 Å². The van der Waals surface area contributed by atoms with E-state index in [4.69, 9.17) is 0 Å². The van der Waals surface area contributed by atoms with Gasteiger partial charge in [-0.15, -0.1) is 0 Å². The number of rotatable bonds is 2. The molecule has 3 rings (SSSR count). The normalized spacial score (nSPS) is 18.9. The fourth-order valence-corrected chi connectivity index (χ4v) is 3.31. The maximum Gasteiger partial charge on any atom is 0.274 e. The van der Waals surface area contributed by atoms with E-state index < -0.39 is 0 Å². The maximum absolute atomic E-state index is 12.9. The summed E-state index contributed by atoms with van der Waals surface area (Å²) >= 11 is 0. The van der Waals surface area contributed by atoms with Crippen LogP contribution in [-0.2, 0) is 7.05 Å². The van der Waals surface area contributed by atoms with Crippen molar-refractivity contribution in [1.82, 2.24) is 19.7 Å². The zero-order valence-electron chi connectivity index (χ0n) is 13.3. The van der Waals surface area contributed by atoms with Crippen molar-refractivity contribution in [3.63, 3.8) is 0 Å². The summed E-state index contributed by atoms with van der Waals surface area (Å²) in [6.07, 6.45) is 3.29. The molecular formula is C16H22N4O2. The second-order valence-electron chi connectivity index (χ2n) is 6.18. The molecule has 1 atom stereocenters. The molecular weight excluding hydrogens is 280 g/mol. The Balaban J connectivity index is 2.06. The number of piperidine rings is 1. The SMILES string of the molecule is CC[C@@H]1CCCN(C(=O)c2cc(C)nc3c2c(=O)[nH]n3C)C1. The number of pyridine rings is 1. The Kier molecular flexibility index (Phi) is 3.76. The molecule has 2 aromatic rings. The molecule has 0 unspecified atom stereocenters. The molecule has 6 heteroatoms. The number of aromatic nitrogens is 3. The van der Waals surface area contributed by atoms with Crippen LogP contribution >= 0.6 is 0 Å². The minimum absolute atomic E-state index is 0.0506. The van der Waals surface area contributed by atoms with Gasteiger partial charge in [0.25, 0.3) is 11.5 Å². The van der Waals surface area contributed by atoms with Crippen LogP contribution in [0.1, 0.15) is 42.2 Å². The van der Waals surface area contributed by atoms with Gasteiger partial charge >= 0.3 is 0 Å². The number of carbonyl (C=O) groups is 1. The summed E-state index contributed by atoms with van der Waals surface area (Å²) in [7, 11) is 1.73. The maximum atomic E-state index is 12.9. The summed E-state index contributed by atoms with van der Waals surface area (Å²) in [5, 5.41) is 3.09. The van der Waals surface area contributed by atoms with Crippen LogP contribution in [0, 0.1) is 12.8 Å². The molecule has 1 fully saturated rings. The van der Waals surface area contributed by atoms with Gasteiger partial charge in [0.2, 0.25) is 0 Å². The predicted molar refractivity (Wildman–Crippen MR) is 85.0 cm³/mol. The number of nitrogens with zero attached hydrogens (tertiary/aromatic N) is 3. The van der Waals surface area contributed by atoms with E-state index in [9.17, 15) is 9.59 Å². The van der Waals surface area contributed by atoms with Gasteiger partial charge in [0.15, 0.2) is 5.65 Å². The van der Waals surface area contributed by atoms with Crippen molar-refractivity contribution in [3.05, 3.63) is 27.7 Å². The Morgan fingerprint density at radius 3 is 3.00 bits per heavy atom. The molecule has 6 nitrogen and oxygen atoms in total. The average molecular weight is 302 g/mol. The molecule has 1 aliphatic heterocycles. The number of hydrogen-bond donors (Lipinski definition) is 1. The summed E-state index contributed by atoms with van der Waals surface area (Å²) in [5.41, 5.74) is 1.51. The van der Waals surface area contributed by atoms with Gasteiger partial charge < -0.3 is 4.90 Å². The molecule has 1 saturated heterocycles. The minimum Gasteiger partial charge on any atom is -0.338 e. The van der Waals surface area contributed by atoms with Crippen molar-refractivity contribution in [2.45, 2.75) is 33.1 Å². The molecule has 22 heavy (non-hydrogen) atoms. The van der Waals surface area contributed by atoms with Crippen LogP contribution in [0.15, 0.2) is 10.9 Å². The van der Waals surface area contributed by atoms with Crippen LogP contribution < -0.4 is 5.56 Å². The van der Waals surface area contributed by atoms with Gasteiger partial charge in [-0.2, -0.15) is 0 Å². The van der Waals surface area contributed by atoms with Gasteiger partial charge in [0.05, 0.1) is 10.9 Å². The number of hydrogen-bond acceptors (Lipinski definition) is 3. The lowest BCUT2D eigenvalue weighted by molar-refractivity contribution is 0.0673. The van der Waals surface area contributed by atoms with E-state index in [2.05, 4.69) is 17.0 Å². The second kappa shape index (κ2) is 5.59. The standard InChI is InChI=1S/C16H22N4O2/c1-4-11-6-5-7-20(9-11)16(22)12-8-10(2)17-14-13(12)15(21)18-19(14)3/h8,11H,4-7,9H2,1-3H3,(H,18,21)/t11-/m1/s1. The summed E-state index contributed by atoms with van der Waals surface area (Å²) in [6.45, 7) is 5.56. The first-order valence-electron chi connectivity index (χ1n) is 7.87. The Bertz CT molecular complexity index is 774. The molecule has 0 radical (unpaired) electrons. The Morgan fingerprint density at radius 2 is 2.27 bits per heavy atom. The lowest BCUT2D eigenvalue weighted by atomic mass is 9.95. The van der Waals surface area contributed by atoms with E-state index in [0.29, 0.717) is 22.5 Å². The Morgan fingerprint density at radius 1 is 1.50 bits per heavy atom. The number of amides is 1. The van der Waals surface area contributed by atoms with Gasteiger partial charge in [0.1, 0.15) is 0 Å². The third-order valence-corrected chi connectivity index (χ3v) is 4.56. The monoisotopic (exact) mass is 302 g/mol. The lowest BCUT2D eigenvalue weighted by Crippen LogP contribution is -2.40. The highest BCUT2D eigenvalue weighted by atomic mass is 16.2. The summed E-state index contributed by atoms with van der Waals surface area (Å²) in [5.74, 6) is 0.510. The highest BCUT2D eigenvalue weighted by molar-refractivity contribution is 6.05. The van der Waals surface area contributed by atoms with Gasteiger partial charge in [-0.3, -0.25) is 19.4 Å². The lowest BCUT2D eigenvalue weighted by Gasteiger charge is -2.32. The topological polar surface area (TPSA) is 71.0 Å². The van der Waals surface area contributed by atoms with Gasteiger partial charge in [-0.05, 0) is 31.7 Å². The molecule has 2 aromatic heterocycles. The van der Waals surface area contributed by atoms with Crippen molar-refractivity contribution in [2.24, 2.45) is 13.0 Å². The third-order valence-electron chi connectivity index (χ3n) is 4.56. The van der Waals surface area contributed by atoms with Gasteiger partial charge in [-0.25, -0.2) is 4.98 Å². The number of fused-ring (bicyclic) bond motifs is 1. The van der Waals surface area contributed by atoms with Crippen LogP contribution in [0.25, 0.3) is 11.0 Å². The van der Waals surface area contributed by atoms with Crippen LogP contribution in [0.5, 0.6) is 0 Å². The van der Waals surface area contributed by atoms with Crippen LogP contribution in [0.4, 0.5) is 0 Å². The first-order chi connectivity index (χ1) is 10.5. The van der Waals surface area contributed by atoms with Gasteiger partial charge in [0, 0.05) is 25.8 Å². The van der Waals surface area contributed by atoms with E-state index in [-0.39, 0.29) is 11.5 Å². The summed E-state index contributed by atoms with van der Waals surface area (Å²) in [6, 6.07) is 1.73. The fraction of sp³-hybridized carbons (Fsp3) is 0.562. The molecule has 0 aromatic carbocycles. The summed E-state index contributed by atoms with van der Waals surface area (Å²) in [4.78, 5) is 31.3. The van der Waals surface area contributed by atoms with E-state index >= 15 is 0 Å². The molecule has 3 heterocycles. The molecule has 1 aliphatic rings. The summed E-state index contributed by atoms with van der Waals surface area (Å²) < 4.78 is 1.58. The van der Waals surface area contributed by atoms with Crippen LogP contribution in [0.2, 0.25) is 0 Å². The van der Waals surface area contributed by atoms with E-state index in [1.807, 2.05) is 11.8 Å². The zero-order valence-corrected chi connectivity index (χ0v) is 13.3. The highest BCUT2D eigenvalue weighted by Gasteiger charge is 2.26. The highest BCUT2D eigenvalue weighted by Crippen LogP contribution is 2.23. The van der Waals surface area contributed by atoms with E-state index in [1.54, 1.807) is 17.8 Å². The number of nitrogens with one attached hydrogen (secondary N) is 1. The molecule has 1 amide bonds. The smallest absolute Gasteiger partial charge is 0.274 e. The van der Waals surface area contributed by atoms with Crippen molar-refractivity contribution in [2.75, 3.05) is 13.1 Å². The molecule has 0 spiro atoms. The predicted octanol–water partition coefficient (Wildman–Crippen LogP) is 1.83. The molecule has 0 aliphatic carbocycles. The fourth-order valence-electron chi connectivity index (χ4n) is 3.31. The number of carbonyl (C=O) groups excluding carboxylic acids is 1. The third kappa shape index (κ3) is 2.42. The number of aromatic amines is 1. The van der Waals surface area contributed by atoms with Crippen LogP contribution in [0.3, 0.4) is 0 Å². The number of H-pyrrole nitrogens is 1. The molecule has 1 N–H and O–H groups in total. The Labute approximate surface area is 129 Å². The number of aryl methyl sites for hydroxylation is 2. The number of likely N-dealkylation sites (tertiary alicyclic amines) is 1. The minimum atomic E-state index is -0.252. The van der Waals surface area contributed by atoms with Gasteiger partial charge in [-0.1, -0.05) is 13.3 Å². The quantitative estimate of drug-likeness (QED) is 0.920. The Hall–Kier alpha value is -2.11. The molecule has 0 saturated carbocycles. The second-order valence-corrected chi connectivity index (χ2v) is 6.18. The molecule has 118 valence electrons. The zero-order chi connectivity index (χ0) is 15.9.